The molecule has 0 saturated carbocycles. The van der Waals surface area contributed by atoms with Gasteiger partial charge in [0.05, 0.1) is 13.7 Å². The number of hydrogen-bond donors (Lipinski definition) is 1. The van der Waals surface area contributed by atoms with E-state index in [0.29, 0.717) is 18.0 Å². The molecule has 1 heterocycles. The van der Waals surface area contributed by atoms with E-state index >= 15 is 0 Å². The predicted molar refractivity (Wildman–Crippen MR) is 65.1 cm³/mol. The summed E-state index contributed by atoms with van der Waals surface area (Å²) in [6.45, 7) is 0.518. The first-order valence-electron chi connectivity index (χ1n) is 4.76. The fourth-order valence-corrected chi connectivity index (χ4v) is 2.08. The Morgan fingerprint density at radius 1 is 1.44 bits per heavy atom. The van der Waals surface area contributed by atoms with Gasteiger partial charge in [0.2, 0.25) is 0 Å². The zero-order valence-corrected chi connectivity index (χ0v) is 9.66. The molecule has 1 aromatic heterocycles. The first kappa shape index (κ1) is 10.8. The van der Waals surface area contributed by atoms with Crippen molar-refractivity contribution in [2.24, 2.45) is 0 Å². The third-order valence-electron chi connectivity index (χ3n) is 2.22. The van der Waals surface area contributed by atoms with Gasteiger partial charge in [-0.3, -0.25) is 4.79 Å². The SMILES string of the molecule is COc1cc(N)cc(Cn2ccsc2=O)c1. The van der Waals surface area contributed by atoms with E-state index in [-0.39, 0.29) is 4.87 Å². The molecule has 2 rings (SSSR count). The van der Waals surface area contributed by atoms with E-state index in [9.17, 15) is 4.79 Å². The Morgan fingerprint density at radius 3 is 2.88 bits per heavy atom. The van der Waals surface area contributed by atoms with Crippen molar-refractivity contribution in [3.8, 4) is 5.75 Å². The molecule has 16 heavy (non-hydrogen) atoms. The molecule has 2 N–H and O–H groups in total. The van der Waals surface area contributed by atoms with Gasteiger partial charge < -0.3 is 15.0 Å². The molecule has 0 saturated heterocycles. The third-order valence-corrected chi connectivity index (χ3v) is 2.92. The normalized spacial score (nSPS) is 10.3. The summed E-state index contributed by atoms with van der Waals surface area (Å²) in [5.41, 5.74) is 7.33. The fraction of sp³-hybridized carbons (Fsp3) is 0.182. The molecule has 0 radical (unpaired) electrons. The Morgan fingerprint density at radius 2 is 2.25 bits per heavy atom. The second-order valence-corrected chi connectivity index (χ2v) is 4.27. The van der Waals surface area contributed by atoms with Gasteiger partial charge in [-0.25, -0.2) is 0 Å². The summed E-state index contributed by atoms with van der Waals surface area (Å²) in [4.78, 5) is 11.4. The number of hydrogen-bond acceptors (Lipinski definition) is 4. The van der Waals surface area contributed by atoms with Crippen LogP contribution in [0.3, 0.4) is 0 Å². The van der Waals surface area contributed by atoms with Crippen LogP contribution in [0.15, 0.2) is 34.6 Å². The summed E-state index contributed by atoms with van der Waals surface area (Å²) >= 11 is 1.18. The minimum absolute atomic E-state index is 0.0291. The Labute approximate surface area is 96.9 Å². The number of thiazole rings is 1. The molecule has 0 aliphatic heterocycles. The number of methoxy groups -OCH3 is 1. The predicted octanol–water partition coefficient (Wildman–Crippen LogP) is 1.55. The highest BCUT2D eigenvalue weighted by molar-refractivity contribution is 7.07. The maximum Gasteiger partial charge on any atom is 0.307 e. The molecule has 0 amide bonds. The molecular weight excluding hydrogens is 224 g/mol. The quantitative estimate of drug-likeness (QED) is 0.822. The topological polar surface area (TPSA) is 57.2 Å². The Hall–Kier alpha value is -1.75. The number of aromatic nitrogens is 1. The Kier molecular flexibility index (Phi) is 2.96. The van der Waals surface area contributed by atoms with Gasteiger partial charge in [-0.15, -0.1) is 0 Å². The van der Waals surface area contributed by atoms with Gasteiger partial charge in [-0.2, -0.15) is 0 Å². The molecule has 4 nitrogen and oxygen atoms in total. The molecule has 5 heteroatoms. The Balaban J connectivity index is 2.31. The first-order chi connectivity index (χ1) is 7.69. The van der Waals surface area contributed by atoms with E-state index < -0.39 is 0 Å². The van der Waals surface area contributed by atoms with Gasteiger partial charge in [-0.1, -0.05) is 11.3 Å². The van der Waals surface area contributed by atoms with Crippen LogP contribution in [0, 0.1) is 0 Å². The molecule has 0 unspecified atom stereocenters. The van der Waals surface area contributed by atoms with Gasteiger partial charge in [0.15, 0.2) is 0 Å². The highest BCUT2D eigenvalue weighted by atomic mass is 32.1. The van der Waals surface area contributed by atoms with Gasteiger partial charge in [-0.05, 0) is 17.7 Å². The zero-order chi connectivity index (χ0) is 11.5. The second kappa shape index (κ2) is 4.40. The summed E-state index contributed by atoms with van der Waals surface area (Å²) in [6, 6.07) is 5.47. The maximum atomic E-state index is 11.4. The maximum absolute atomic E-state index is 11.4. The number of anilines is 1. The van der Waals surface area contributed by atoms with Crippen LogP contribution in [0.5, 0.6) is 5.75 Å². The van der Waals surface area contributed by atoms with Crippen LogP contribution >= 0.6 is 11.3 Å². The van der Waals surface area contributed by atoms with Crippen LogP contribution in [-0.2, 0) is 6.54 Å². The van der Waals surface area contributed by atoms with Crippen LogP contribution in [-0.4, -0.2) is 11.7 Å². The standard InChI is InChI=1S/C11H12N2O2S/c1-15-10-5-8(4-9(12)6-10)7-13-2-3-16-11(13)14/h2-6H,7,12H2,1H3. The van der Waals surface area contributed by atoms with Gasteiger partial charge in [0, 0.05) is 23.3 Å². The molecule has 84 valence electrons. The summed E-state index contributed by atoms with van der Waals surface area (Å²) in [6.07, 6.45) is 1.77. The van der Waals surface area contributed by atoms with Crippen LogP contribution in [0.2, 0.25) is 0 Å². The third kappa shape index (κ3) is 2.25. The highest BCUT2D eigenvalue weighted by Gasteiger charge is 2.02. The van der Waals surface area contributed by atoms with Crippen molar-refractivity contribution in [3.05, 3.63) is 45.0 Å². The summed E-state index contributed by atoms with van der Waals surface area (Å²) in [7, 11) is 1.59. The number of nitrogens with zero attached hydrogens (tertiary/aromatic N) is 1. The van der Waals surface area contributed by atoms with E-state index in [0.717, 1.165) is 5.56 Å². The molecular formula is C11H12N2O2S. The molecule has 0 bridgehead atoms. The van der Waals surface area contributed by atoms with Gasteiger partial charge in [0.1, 0.15) is 5.75 Å². The van der Waals surface area contributed by atoms with Crippen molar-refractivity contribution in [1.82, 2.24) is 4.57 Å². The van der Waals surface area contributed by atoms with E-state index in [2.05, 4.69) is 0 Å². The minimum Gasteiger partial charge on any atom is -0.497 e. The second-order valence-electron chi connectivity index (χ2n) is 3.41. The zero-order valence-electron chi connectivity index (χ0n) is 8.84. The number of rotatable bonds is 3. The lowest BCUT2D eigenvalue weighted by Crippen LogP contribution is -2.12. The van der Waals surface area contributed by atoms with Gasteiger partial charge in [0.25, 0.3) is 0 Å². The average Bonchev–Trinajstić information content (AvgIpc) is 2.63. The van der Waals surface area contributed by atoms with Crippen LogP contribution in [0.1, 0.15) is 5.56 Å². The van der Waals surface area contributed by atoms with Crippen molar-refractivity contribution in [2.75, 3.05) is 12.8 Å². The Bertz CT molecular complexity index is 545. The number of nitrogens with two attached hydrogens (primary N) is 1. The number of benzene rings is 1. The summed E-state index contributed by atoms with van der Waals surface area (Å²) < 4.78 is 6.76. The van der Waals surface area contributed by atoms with Crippen LogP contribution < -0.4 is 15.3 Å². The first-order valence-corrected chi connectivity index (χ1v) is 5.64. The molecule has 0 atom stereocenters. The van der Waals surface area contributed by atoms with Crippen molar-refractivity contribution in [1.29, 1.82) is 0 Å². The molecule has 1 aromatic carbocycles. The molecule has 0 aliphatic carbocycles. The number of ether oxygens (including phenoxy) is 1. The van der Waals surface area contributed by atoms with Crippen molar-refractivity contribution < 1.29 is 4.74 Å². The molecule has 2 aromatic rings. The monoisotopic (exact) mass is 236 g/mol. The highest BCUT2D eigenvalue weighted by Crippen LogP contribution is 2.18. The molecule has 0 fully saturated rings. The summed E-state index contributed by atoms with van der Waals surface area (Å²) in [5, 5.41) is 1.77. The molecule has 0 spiro atoms. The van der Waals surface area contributed by atoms with Crippen molar-refractivity contribution in [3.63, 3.8) is 0 Å². The van der Waals surface area contributed by atoms with E-state index in [1.807, 2.05) is 12.1 Å². The van der Waals surface area contributed by atoms with Gasteiger partial charge >= 0.3 is 4.87 Å². The molecule has 0 aliphatic rings. The lowest BCUT2D eigenvalue weighted by molar-refractivity contribution is 0.414. The summed E-state index contributed by atoms with van der Waals surface area (Å²) in [5.74, 6) is 0.707. The van der Waals surface area contributed by atoms with E-state index in [1.165, 1.54) is 11.3 Å². The van der Waals surface area contributed by atoms with E-state index in [1.54, 1.807) is 29.3 Å². The van der Waals surface area contributed by atoms with Crippen LogP contribution in [0.25, 0.3) is 0 Å². The lowest BCUT2D eigenvalue weighted by Gasteiger charge is -2.06. The fourth-order valence-electron chi connectivity index (χ4n) is 1.50. The van der Waals surface area contributed by atoms with Crippen LogP contribution in [0.4, 0.5) is 5.69 Å². The smallest absolute Gasteiger partial charge is 0.307 e. The number of nitrogen functional groups attached to an aromatic ring is 1. The van der Waals surface area contributed by atoms with Crippen molar-refractivity contribution >= 4 is 17.0 Å². The van der Waals surface area contributed by atoms with E-state index in [4.69, 9.17) is 10.5 Å². The average molecular weight is 236 g/mol. The largest absolute Gasteiger partial charge is 0.497 e. The van der Waals surface area contributed by atoms with Crippen molar-refractivity contribution in [2.45, 2.75) is 6.54 Å². The lowest BCUT2D eigenvalue weighted by atomic mass is 10.2. The minimum atomic E-state index is 0.0291.